The highest BCUT2D eigenvalue weighted by Crippen LogP contribution is 2.15. The van der Waals surface area contributed by atoms with Crippen LogP contribution in [0, 0.1) is 0 Å². The monoisotopic (exact) mass is 255 g/mol. The minimum Gasteiger partial charge on any atom is -0.372 e. The smallest absolute Gasteiger partial charge is 0.372 e. The number of nitrogens with two attached hydrogens (primary N) is 1. The standard InChI is InChI=1S/C8H12F3N3OS/c9-8(10,11)5-15-4-2-7-14-13-6(16-7)1-3-12/h1-5,12H2. The molecule has 0 unspecified atom stereocenters. The highest BCUT2D eigenvalue weighted by Gasteiger charge is 2.27. The van der Waals surface area contributed by atoms with E-state index in [4.69, 9.17) is 5.73 Å². The molecule has 16 heavy (non-hydrogen) atoms. The number of rotatable bonds is 6. The molecule has 1 heterocycles. The number of nitrogens with zero attached hydrogens (tertiary/aromatic N) is 2. The molecule has 8 heteroatoms. The van der Waals surface area contributed by atoms with E-state index in [-0.39, 0.29) is 6.61 Å². The van der Waals surface area contributed by atoms with Crippen molar-refractivity contribution in [1.82, 2.24) is 10.2 Å². The molecule has 1 rings (SSSR count). The highest BCUT2D eigenvalue weighted by molar-refractivity contribution is 7.11. The van der Waals surface area contributed by atoms with Gasteiger partial charge in [-0.05, 0) is 6.54 Å². The molecule has 0 radical (unpaired) electrons. The van der Waals surface area contributed by atoms with Crippen molar-refractivity contribution in [3.8, 4) is 0 Å². The van der Waals surface area contributed by atoms with Gasteiger partial charge in [0.1, 0.15) is 16.6 Å². The van der Waals surface area contributed by atoms with Crippen LogP contribution in [0.4, 0.5) is 13.2 Å². The molecule has 92 valence electrons. The quantitative estimate of drug-likeness (QED) is 0.775. The maximum atomic E-state index is 11.7. The van der Waals surface area contributed by atoms with Gasteiger partial charge in [0, 0.05) is 12.8 Å². The van der Waals surface area contributed by atoms with Crippen LogP contribution in [-0.4, -0.2) is 36.1 Å². The zero-order valence-electron chi connectivity index (χ0n) is 8.46. The Kier molecular flexibility index (Phi) is 5.10. The van der Waals surface area contributed by atoms with Gasteiger partial charge in [-0.15, -0.1) is 21.5 Å². The lowest BCUT2D eigenvalue weighted by Gasteiger charge is -2.05. The van der Waals surface area contributed by atoms with E-state index in [2.05, 4.69) is 14.9 Å². The molecule has 1 aromatic heterocycles. The van der Waals surface area contributed by atoms with Crippen LogP contribution < -0.4 is 5.73 Å². The van der Waals surface area contributed by atoms with E-state index < -0.39 is 12.8 Å². The first-order chi connectivity index (χ1) is 7.51. The topological polar surface area (TPSA) is 61.0 Å². The summed E-state index contributed by atoms with van der Waals surface area (Å²) in [6.45, 7) is -0.739. The summed E-state index contributed by atoms with van der Waals surface area (Å²) in [5.41, 5.74) is 5.33. The van der Waals surface area contributed by atoms with Gasteiger partial charge in [-0.1, -0.05) is 0 Å². The molecule has 0 aliphatic carbocycles. The minimum absolute atomic E-state index is 0.00321. The van der Waals surface area contributed by atoms with Gasteiger partial charge in [0.2, 0.25) is 0 Å². The lowest BCUT2D eigenvalue weighted by Crippen LogP contribution is -2.17. The van der Waals surface area contributed by atoms with E-state index in [1.54, 1.807) is 0 Å². The Morgan fingerprint density at radius 3 is 2.38 bits per heavy atom. The van der Waals surface area contributed by atoms with E-state index in [0.717, 1.165) is 5.01 Å². The van der Waals surface area contributed by atoms with Crippen molar-refractivity contribution < 1.29 is 17.9 Å². The molecular weight excluding hydrogens is 243 g/mol. The van der Waals surface area contributed by atoms with Crippen molar-refractivity contribution in [2.24, 2.45) is 5.73 Å². The second kappa shape index (κ2) is 6.12. The first-order valence-electron chi connectivity index (χ1n) is 4.67. The Bertz CT molecular complexity index is 316. The van der Waals surface area contributed by atoms with Gasteiger partial charge in [0.15, 0.2) is 0 Å². The van der Waals surface area contributed by atoms with Crippen molar-refractivity contribution in [1.29, 1.82) is 0 Å². The third-order valence-corrected chi connectivity index (χ3v) is 2.64. The fourth-order valence-electron chi connectivity index (χ4n) is 0.961. The summed E-state index contributed by atoms with van der Waals surface area (Å²) in [4.78, 5) is 0. The second-order valence-electron chi connectivity index (χ2n) is 3.05. The fraction of sp³-hybridized carbons (Fsp3) is 0.750. The number of ether oxygens (including phenoxy) is 1. The Morgan fingerprint density at radius 1 is 1.19 bits per heavy atom. The molecule has 0 aromatic carbocycles. The van der Waals surface area contributed by atoms with Gasteiger partial charge < -0.3 is 10.5 Å². The van der Waals surface area contributed by atoms with E-state index in [1.807, 2.05) is 0 Å². The first-order valence-corrected chi connectivity index (χ1v) is 5.49. The van der Waals surface area contributed by atoms with Crippen molar-refractivity contribution in [2.75, 3.05) is 19.8 Å². The Morgan fingerprint density at radius 2 is 1.81 bits per heavy atom. The van der Waals surface area contributed by atoms with Crippen LogP contribution in [0.2, 0.25) is 0 Å². The number of halogens is 3. The number of aromatic nitrogens is 2. The summed E-state index contributed by atoms with van der Waals surface area (Å²) in [7, 11) is 0. The zero-order chi connectivity index (χ0) is 12.0. The maximum absolute atomic E-state index is 11.7. The molecule has 0 spiro atoms. The lowest BCUT2D eigenvalue weighted by atomic mass is 10.5. The van der Waals surface area contributed by atoms with Gasteiger partial charge in [-0.3, -0.25) is 0 Å². The molecule has 0 saturated heterocycles. The lowest BCUT2D eigenvalue weighted by molar-refractivity contribution is -0.173. The van der Waals surface area contributed by atoms with Gasteiger partial charge >= 0.3 is 6.18 Å². The predicted molar refractivity (Wildman–Crippen MR) is 53.2 cm³/mol. The van der Waals surface area contributed by atoms with Crippen LogP contribution in [0.15, 0.2) is 0 Å². The van der Waals surface area contributed by atoms with E-state index in [1.165, 1.54) is 11.3 Å². The molecule has 0 aliphatic rings. The molecule has 0 amide bonds. The van der Waals surface area contributed by atoms with E-state index in [0.29, 0.717) is 24.4 Å². The summed E-state index contributed by atoms with van der Waals surface area (Å²) in [6.07, 6.45) is -3.29. The zero-order valence-corrected chi connectivity index (χ0v) is 9.27. The molecule has 0 saturated carbocycles. The van der Waals surface area contributed by atoms with Crippen LogP contribution in [0.25, 0.3) is 0 Å². The molecule has 1 aromatic rings. The number of hydrogen-bond donors (Lipinski definition) is 1. The highest BCUT2D eigenvalue weighted by atomic mass is 32.1. The Hall–Kier alpha value is -0.730. The molecule has 0 fully saturated rings. The van der Waals surface area contributed by atoms with Gasteiger partial charge in [-0.2, -0.15) is 13.2 Å². The molecule has 0 aliphatic heterocycles. The third-order valence-electron chi connectivity index (χ3n) is 1.59. The van der Waals surface area contributed by atoms with Crippen molar-refractivity contribution in [3.63, 3.8) is 0 Å². The summed E-state index contributed by atoms with van der Waals surface area (Å²) < 4.78 is 39.6. The third kappa shape index (κ3) is 5.38. The van der Waals surface area contributed by atoms with Crippen LogP contribution >= 0.6 is 11.3 Å². The normalized spacial score (nSPS) is 12.0. The van der Waals surface area contributed by atoms with Crippen molar-refractivity contribution in [3.05, 3.63) is 10.0 Å². The van der Waals surface area contributed by atoms with Crippen LogP contribution in [0.5, 0.6) is 0 Å². The largest absolute Gasteiger partial charge is 0.411 e. The minimum atomic E-state index is -4.27. The van der Waals surface area contributed by atoms with Gasteiger partial charge in [0.25, 0.3) is 0 Å². The van der Waals surface area contributed by atoms with Crippen molar-refractivity contribution in [2.45, 2.75) is 19.0 Å². The first kappa shape index (κ1) is 13.3. The average Bonchev–Trinajstić information content (AvgIpc) is 2.60. The van der Waals surface area contributed by atoms with Crippen LogP contribution in [-0.2, 0) is 17.6 Å². The van der Waals surface area contributed by atoms with Gasteiger partial charge in [0.05, 0.1) is 6.61 Å². The Labute approximate surface area is 94.6 Å². The van der Waals surface area contributed by atoms with E-state index >= 15 is 0 Å². The van der Waals surface area contributed by atoms with Gasteiger partial charge in [-0.25, -0.2) is 0 Å². The maximum Gasteiger partial charge on any atom is 0.411 e. The average molecular weight is 255 g/mol. The second-order valence-corrected chi connectivity index (χ2v) is 4.19. The summed E-state index contributed by atoms with van der Waals surface area (Å²) in [5.74, 6) is 0. The molecule has 0 bridgehead atoms. The van der Waals surface area contributed by atoms with Crippen LogP contribution in [0.1, 0.15) is 10.0 Å². The molecular formula is C8H12F3N3OS. The SMILES string of the molecule is NCCc1nnc(CCOCC(F)(F)F)s1. The molecule has 4 nitrogen and oxygen atoms in total. The predicted octanol–water partition coefficient (Wildman–Crippen LogP) is 1.16. The summed E-state index contributed by atoms with van der Waals surface area (Å²) >= 11 is 1.35. The summed E-state index contributed by atoms with van der Waals surface area (Å²) in [5, 5.41) is 9.14. The fourth-order valence-corrected chi connectivity index (χ4v) is 1.80. The summed E-state index contributed by atoms with van der Waals surface area (Å²) in [6, 6.07) is 0. The van der Waals surface area contributed by atoms with E-state index in [9.17, 15) is 13.2 Å². The van der Waals surface area contributed by atoms with Crippen molar-refractivity contribution >= 4 is 11.3 Å². The van der Waals surface area contributed by atoms with Crippen LogP contribution in [0.3, 0.4) is 0 Å². The number of hydrogen-bond acceptors (Lipinski definition) is 5. The Balaban J connectivity index is 2.21. The molecule has 0 atom stereocenters. The molecule has 2 N–H and O–H groups in total. The number of alkyl halides is 3.